The highest BCUT2D eigenvalue weighted by Crippen LogP contribution is 2.22. The summed E-state index contributed by atoms with van der Waals surface area (Å²) >= 11 is 5.38. The molecule has 1 aromatic heterocycles. The van der Waals surface area contributed by atoms with Crippen molar-refractivity contribution in [3.8, 4) is 0 Å². The molecule has 4 heteroatoms. The number of hydrogen-bond acceptors (Lipinski definition) is 2. The van der Waals surface area contributed by atoms with E-state index >= 15 is 0 Å². The summed E-state index contributed by atoms with van der Waals surface area (Å²) in [6.45, 7) is 11.0. The van der Waals surface area contributed by atoms with Gasteiger partial charge in [0.15, 0.2) is 0 Å². The maximum atomic E-state index is 12.5. The third-order valence-electron chi connectivity index (χ3n) is 2.90. The Balaban J connectivity index is 3.41. The molecule has 0 amide bonds. The van der Waals surface area contributed by atoms with E-state index in [0.717, 1.165) is 5.69 Å². The summed E-state index contributed by atoms with van der Waals surface area (Å²) in [4.78, 5) is 23.5. The van der Waals surface area contributed by atoms with E-state index in [9.17, 15) is 9.59 Å². The first-order chi connectivity index (χ1) is 8.62. The molecule has 106 valence electrons. The molecule has 0 atom stereocenters. The van der Waals surface area contributed by atoms with Crippen molar-refractivity contribution in [3.63, 3.8) is 0 Å². The highest BCUT2D eigenvalue weighted by Gasteiger charge is 2.21. The predicted octanol–water partition coefficient (Wildman–Crippen LogP) is 3.11. The first-order valence-corrected chi connectivity index (χ1v) is 6.92. The molecular formula is C15H22ClNO2. The Morgan fingerprint density at radius 2 is 1.89 bits per heavy atom. The van der Waals surface area contributed by atoms with Crippen LogP contribution in [0.2, 0.25) is 0 Å². The average Bonchev–Trinajstić information content (AvgIpc) is 2.20. The van der Waals surface area contributed by atoms with Crippen LogP contribution in [0.1, 0.15) is 45.9 Å². The average molecular weight is 284 g/mol. The van der Waals surface area contributed by atoms with Gasteiger partial charge in [0.05, 0.1) is 6.42 Å². The number of carbonyl (C=O) groups is 1. The fraction of sp³-hybridized carbons (Fsp3) is 0.600. The van der Waals surface area contributed by atoms with Gasteiger partial charge in [-0.2, -0.15) is 0 Å². The van der Waals surface area contributed by atoms with Crippen molar-refractivity contribution in [2.24, 2.45) is 5.92 Å². The van der Waals surface area contributed by atoms with Gasteiger partial charge in [0.2, 0.25) is 5.24 Å². The fourth-order valence-corrected chi connectivity index (χ4v) is 2.25. The maximum Gasteiger partial charge on any atom is 0.254 e. The van der Waals surface area contributed by atoms with Crippen LogP contribution in [0.4, 0.5) is 0 Å². The van der Waals surface area contributed by atoms with Gasteiger partial charge in [0.1, 0.15) is 0 Å². The molecular weight excluding hydrogens is 262 g/mol. The van der Waals surface area contributed by atoms with E-state index in [4.69, 9.17) is 11.6 Å². The van der Waals surface area contributed by atoms with Gasteiger partial charge in [-0.1, -0.05) is 40.7 Å². The Morgan fingerprint density at radius 1 is 1.32 bits per heavy atom. The minimum atomic E-state index is -0.503. The van der Waals surface area contributed by atoms with Crippen molar-refractivity contribution in [2.45, 2.75) is 53.0 Å². The van der Waals surface area contributed by atoms with Crippen molar-refractivity contribution >= 4 is 16.8 Å². The van der Waals surface area contributed by atoms with E-state index < -0.39 is 5.24 Å². The van der Waals surface area contributed by atoms with Crippen LogP contribution in [0.15, 0.2) is 16.9 Å². The summed E-state index contributed by atoms with van der Waals surface area (Å²) in [5.41, 5.74) is 1.23. The largest absolute Gasteiger partial charge is 0.312 e. The number of carbonyl (C=O) groups excluding carboxylic acids is 1. The second kappa shape index (κ2) is 5.91. The van der Waals surface area contributed by atoms with E-state index in [1.54, 1.807) is 10.6 Å². The Morgan fingerprint density at radius 3 is 2.32 bits per heavy atom. The lowest BCUT2D eigenvalue weighted by Crippen LogP contribution is -2.33. The molecule has 1 heterocycles. The van der Waals surface area contributed by atoms with Gasteiger partial charge >= 0.3 is 0 Å². The predicted molar refractivity (Wildman–Crippen MR) is 78.8 cm³/mol. The van der Waals surface area contributed by atoms with Gasteiger partial charge in [-0.15, -0.1) is 0 Å². The van der Waals surface area contributed by atoms with Crippen LogP contribution in [0, 0.1) is 5.92 Å². The van der Waals surface area contributed by atoms with Crippen LogP contribution in [-0.2, 0) is 23.2 Å². The smallest absolute Gasteiger partial charge is 0.254 e. The zero-order valence-electron chi connectivity index (χ0n) is 12.3. The molecule has 0 aliphatic rings. The van der Waals surface area contributed by atoms with E-state index in [-0.39, 0.29) is 17.4 Å². The zero-order chi connectivity index (χ0) is 14.8. The first kappa shape index (κ1) is 16.0. The van der Waals surface area contributed by atoms with Gasteiger partial charge < -0.3 is 4.57 Å². The van der Waals surface area contributed by atoms with E-state index in [1.807, 2.05) is 6.07 Å². The molecule has 1 rings (SSSR count). The molecule has 0 saturated heterocycles. The SMILES string of the molecule is CC(C)Cn1c(C(C)(C)C)ccc(CC(=O)Cl)c1=O. The summed E-state index contributed by atoms with van der Waals surface area (Å²) in [6.07, 6.45) is -0.0110. The summed E-state index contributed by atoms with van der Waals surface area (Å²) in [5.74, 6) is 0.362. The normalized spacial score (nSPS) is 11.9. The number of pyridine rings is 1. The van der Waals surface area contributed by atoms with Crippen LogP contribution < -0.4 is 5.56 Å². The van der Waals surface area contributed by atoms with Crippen LogP contribution in [0.3, 0.4) is 0 Å². The molecule has 0 spiro atoms. The number of halogens is 1. The van der Waals surface area contributed by atoms with Gasteiger partial charge in [-0.3, -0.25) is 9.59 Å². The van der Waals surface area contributed by atoms with Crippen LogP contribution in [-0.4, -0.2) is 9.81 Å². The topological polar surface area (TPSA) is 39.1 Å². The van der Waals surface area contributed by atoms with Gasteiger partial charge in [0.25, 0.3) is 5.56 Å². The summed E-state index contributed by atoms with van der Waals surface area (Å²) in [5, 5.41) is -0.503. The number of nitrogens with zero attached hydrogens (tertiary/aromatic N) is 1. The van der Waals surface area contributed by atoms with Crippen molar-refractivity contribution < 1.29 is 4.79 Å². The van der Waals surface area contributed by atoms with Crippen LogP contribution in [0.5, 0.6) is 0 Å². The molecule has 19 heavy (non-hydrogen) atoms. The number of aromatic nitrogens is 1. The zero-order valence-corrected chi connectivity index (χ0v) is 13.0. The summed E-state index contributed by atoms with van der Waals surface area (Å²) < 4.78 is 1.78. The number of hydrogen-bond donors (Lipinski definition) is 0. The quantitative estimate of drug-likeness (QED) is 0.797. The van der Waals surface area contributed by atoms with Gasteiger partial charge in [-0.05, 0) is 23.6 Å². The highest BCUT2D eigenvalue weighted by molar-refractivity contribution is 6.63. The van der Waals surface area contributed by atoms with Gasteiger partial charge in [0, 0.05) is 23.2 Å². The molecule has 0 N–H and O–H groups in total. The van der Waals surface area contributed by atoms with Crippen molar-refractivity contribution in [1.82, 2.24) is 4.57 Å². The second-order valence-corrected chi connectivity index (χ2v) is 6.76. The van der Waals surface area contributed by atoms with Crippen molar-refractivity contribution in [1.29, 1.82) is 0 Å². The Labute approximate surface area is 119 Å². The highest BCUT2D eigenvalue weighted by atomic mass is 35.5. The Bertz CT molecular complexity index is 524. The first-order valence-electron chi connectivity index (χ1n) is 6.54. The molecule has 0 unspecified atom stereocenters. The molecule has 0 bridgehead atoms. The summed E-state index contributed by atoms with van der Waals surface area (Å²) in [7, 11) is 0. The minimum Gasteiger partial charge on any atom is -0.312 e. The molecule has 0 radical (unpaired) electrons. The van der Waals surface area contributed by atoms with Crippen molar-refractivity contribution in [3.05, 3.63) is 33.7 Å². The van der Waals surface area contributed by atoms with Crippen LogP contribution >= 0.6 is 11.6 Å². The minimum absolute atomic E-state index is 0.0110. The molecule has 3 nitrogen and oxygen atoms in total. The fourth-order valence-electron chi connectivity index (χ4n) is 2.11. The number of rotatable bonds is 4. The summed E-state index contributed by atoms with van der Waals surface area (Å²) in [6, 6.07) is 3.65. The Kier molecular flexibility index (Phi) is 4.97. The standard InChI is InChI=1S/C15H22ClNO2/c1-10(2)9-17-12(15(3,4)5)7-6-11(14(17)19)8-13(16)18/h6-7,10H,8-9H2,1-5H3. The van der Waals surface area contributed by atoms with Crippen LogP contribution in [0.25, 0.3) is 0 Å². The Hall–Kier alpha value is -1.09. The van der Waals surface area contributed by atoms with E-state index in [1.165, 1.54) is 0 Å². The molecule has 0 fully saturated rings. The molecule has 0 aliphatic heterocycles. The third kappa shape index (κ3) is 4.20. The monoisotopic (exact) mass is 283 g/mol. The van der Waals surface area contributed by atoms with E-state index in [2.05, 4.69) is 34.6 Å². The molecule has 0 aromatic carbocycles. The third-order valence-corrected chi connectivity index (χ3v) is 3.03. The molecule has 0 saturated carbocycles. The lowest BCUT2D eigenvalue weighted by atomic mass is 9.90. The molecule has 0 aliphatic carbocycles. The maximum absolute atomic E-state index is 12.5. The van der Waals surface area contributed by atoms with Crippen molar-refractivity contribution in [2.75, 3.05) is 0 Å². The lowest BCUT2D eigenvalue weighted by Gasteiger charge is -2.25. The second-order valence-electron chi connectivity index (χ2n) is 6.34. The van der Waals surface area contributed by atoms with Gasteiger partial charge in [-0.25, -0.2) is 0 Å². The lowest BCUT2D eigenvalue weighted by molar-refractivity contribution is -0.111. The molecule has 1 aromatic rings. The van der Waals surface area contributed by atoms with E-state index in [0.29, 0.717) is 18.0 Å².